The number of aromatic nitrogens is 1. The summed E-state index contributed by atoms with van der Waals surface area (Å²) in [6, 6.07) is 30.9. The van der Waals surface area contributed by atoms with Gasteiger partial charge in [0.2, 0.25) is 5.91 Å². The summed E-state index contributed by atoms with van der Waals surface area (Å²) in [4.78, 5) is 30.2. The number of carbonyl (C=O) groups excluding carboxylic acids is 2. The number of amides is 2. The zero-order valence-electron chi connectivity index (χ0n) is 19.7. The molecule has 0 spiro atoms. The fourth-order valence-electron chi connectivity index (χ4n) is 3.64. The van der Waals surface area contributed by atoms with Crippen molar-refractivity contribution >= 4 is 56.5 Å². The molecule has 1 aromatic heterocycles. The second-order valence-corrected chi connectivity index (χ2v) is 10.0. The molecule has 8 heteroatoms. The van der Waals surface area contributed by atoms with Gasteiger partial charge in [-0.1, -0.05) is 60.7 Å². The van der Waals surface area contributed by atoms with Crippen LogP contribution in [-0.2, 0) is 9.59 Å². The van der Waals surface area contributed by atoms with E-state index in [1.54, 1.807) is 18.2 Å². The minimum Gasteiger partial charge on any atom is -0.484 e. The number of fused-ring (bicyclic) bond motifs is 1. The number of hydrogen-bond acceptors (Lipinski definition) is 6. The first-order valence-corrected chi connectivity index (χ1v) is 13.4. The smallest absolute Gasteiger partial charge is 0.262 e. The molecule has 0 radical (unpaired) electrons. The predicted molar refractivity (Wildman–Crippen MR) is 151 cm³/mol. The molecule has 4 aromatic carbocycles. The maximum absolute atomic E-state index is 12.5. The number of nitrogens with one attached hydrogen (secondary N) is 2. The van der Waals surface area contributed by atoms with Crippen LogP contribution in [0.2, 0.25) is 0 Å². The first kappa shape index (κ1) is 24.5. The van der Waals surface area contributed by atoms with E-state index in [0.717, 1.165) is 21.5 Å². The highest BCUT2D eigenvalue weighted by Crippen LogP contribution is 2.28. The standard InChI is InChI=1S/C29H23N3O3S2/c33-27(17-35-24-10-2-1-3-11-24)30-23-9-6-12-25(16-23)36-19-28(34)32-29-31-26(18-37-29)22-14-13-20-7-4-5-8-21(20)15-22/h1-16,18H,17,19H2,(H,30,33)(H,31,32,34). The van der Waals surface area contributed by atoms with E-state index in [-0.39, 0.29) is 24.2 Å². The van der Waals surface area contributed by atoms with Gasteiger partial charge in [0.15, 0.2) is 11.7 Å². The molecule has 0 aliphatic rings. The van der Waals surface area contributed by atoms with Crippen LogP contribution in [0.4, 0.5) is 10.8 Å². The minimum atomic E-state index is -0.255. The molecule has 0 atom stereocenters. The molecular weight excluding hydrogens is 502 g/mol. The van der Waals surface area contributed by atoms with Crippen molar-refractivity contribution < 1.29 is 14.3 Å². The number of rotatable bonds is 9. The Morgan fingerprint density at radius 2 is 1.62 bits per heavy atom. The Hall–Kier alpha value is -4.14. The lowest BCUT2D eigenvalue weighted by Gasteiger charge is -2.09. The minimum absolute atomic E-state index is 0.0845. The maximum atomic E-state index is 12.5. The third-order valence-electron chi connectivity index (χ3n) is 5.40. The van der Waals surface area contributed by atoms with Gasteiger partial charge >= 0.3 is 0 Å². The predicted octanol–water partition coefficient (Wildman–Crippen LogP) is 6.71. The molecule has 0 saturated carbocycles. The SMILES string of the molecule is O=C(COc1ccccc1)Nc1cccc(SCC(=O)Nc2nc(-c3ccc4ccccc4c3)cs2)c1. The Kier molecular flexibility index (Phi) is 7.78. The van der Waals surface area contributed by atoms with Gasteiger partial charge in [0.05, 0.1) is 11.4 Å². The number of para-hydroxylation sites is 1. The van der Waals surface area contributed by atoms with Crippen LogP contribution in [0.15, 0.2) is 107 Å². The van der Waals surface area contributed by atoms with Crippen molar-refractivity contribution in [3.8, 4) is 17.0 Å². The zero-order valence-corrected chi connectivity index (χ0v) is 21.4. The van der Waals surface area contributed by atoms with Gasteiger partial charge in [0, 0.05) is 21.5 Å². The summed E-state index contributed by atoms with van der Waals surface area (Å²) in [6.45, 7) is -0.0845. The molecule has 0 saturated heterocycles. The van der Waals surface area contributed by atoms with Crippen LogP contribution in [0.5, 0.6) is 5.75 Å². The van der Waals surface area contributed by atoms with Gasteiger partial charge < -0.3 is 15.4 Å². The third kappa shape index (κ3) is 6.75. The average molecular weight is 526 g/mol. The van der Waals surface area contributed by atoms with E-state index in [4.69, 9.17) is 4.74 Å². The molecule has 0 unspecified atom stereocenters. The lowest BCUT2D eigenvalue weighted by Crippen LogP contribution is -2.20. The van der Waals surface area contributed by atoms with Crippen molar-refractivity contribution in [2.45, 2.75) is 4.90 Å². The largest absolute Gasteiger partial charge is 0.484 e. The van der Waals surface area contributed by atoms with E-state index in [0.29, 0.717) is 16.6 Å². The number of benzene rings is 4. The molecule has 0 aliphatic carbocycles. The number of carbonyl (C=O) groups is 2. The fraction of sp³-hybridized carbons (Fsp3) is 0.0690. The summed E-state index contributed by atoms with van der Waals surface area (Å²) < 4.78 is 5.48. The summed E-state index contributed by atoms with van der Waals surface area (Å²) in [5.41, 5.74) is 2.49. The Morgan fingerprint density at radius 3 is 2.49 bits per heavy atom. The molecule has 5 rings (SSSR count). The normalized spacial score (nSPS) is 10.7. The summed E-state index contributed by atoms with van der Waals surface area (Å²) in [6.07, 6.45) is 0. The van der Waals surface area contributed by atoms with E-state index >= 15 is 0 Å². The molecule has 2 amide bonds. The Balaban J connectivity index is 1.12. The van der Waals surface area contributed by atoms with Gasteiger partial charge in [-0.3, -0.25) is 9.59 Å². The molecule has 5 aromatic rings. The number of ether oxygens (including phenoxy) is 1. The molecule has 2 N–H and O–H groups in total. The highest BCUT2D eigenvalue weighted by Gasteiger charge is 2.10. The quantitative estimate of drug-likeness (QED) is 0.209. The Morgan fingerprint density at radius 1 is 0.811 bits per heavy atom. The van der Waals surface area contributed by atoms with Crippen LogP contribution in [0.3, 0.4) is 0 Å². The van der Waals surface area contributed by atoms with Crippen LogP contribution < -0.4 is 15.4 Å². The summed E-state index contributed by atoms with van der Waals surface area (Å²) >= 11 is 2.79. The first-order chi connectivity index (χ1) is 18.1. The average Bonchev–Trinajstić information content (AvgIpc) is 3.40. The molecule has 1 heterocycles. The van der Waals surface area contributed by atoms with Crippen molar-refractivity contribution in [3.05, 3.63) is 102 Å². The van der Waals surface area contributed by atoms with Crippen molar-refractivity contribution in [2.75, 3.05) is 23.0 Å². The molecule has 0 bridgehead atoms. The molecule has 0 aliphatic heterocycles. The second-order valence-electron chi connectivity index (χ2n) is 8.11. The van der Waals surface area contributed by atoms with Crippen molar-refractivity contribution in [1.82, 2.24) is 4.98 Å². The van der Waals surface area contributed by atoms with Crippen LogP contribution in [0.25, 0.3) is 22.0 Å². The van der Waals surface area contributed by atoms with Gasteiger partial charge in [0.1, 0.15) is 5.75 Å². The van der Waals surface area contributed by atoms with Crippen molar-refractivity contribution in [1.29, 1.82) is 0 Å². The van der Waals surface area contributed by atoms with E-state index in [9.17, 15) is 9.59 Å². The summed E-state index contributed by atoms with van der Waals surface area (Å²) in [5, 5.41) is 10.5. The van der Waals surface area contributed by atoms with Crippen LogP contribution in [0.1, 0.15) is 0 Å². The number of nitrogens with zero attached hydrogens (tertiary/aromatic N) is 1. The van der Waals surface area contributed by atoms with Crippen molar-refractivity contribution in [3.63, 3.8) is 0 Å². The van der Waals surface area contributed by atoms with E-state index in [1.165, 1.54) is 28.5 Å². The topological polar surface area (TPSA) is 80.3 Å². The number of anilines is 2. The maximum Gasteiger partial charge on any atom is 0.262 e. The van der Waals surface area contributed by atoms with Gasteiger partial charge in [-0.05, 0) is 47.2 Å². The lowest BCUT2D eigenvalue weighted by molar-refractivity contribution is -0.118. The van der Waals surface area contributed by atoms with Gasteiger partial charge in [-0.25, -0.2) is 4.98 Å². The molecule has 0 fully saturated rings. The molecule has 184 valence electrons. The van der Waals surface area contributed by atoms with Gasteiger partial charge in [-0.2, -0.15) is 0 Å². The van der Waals surface area contributed by atoms with Gasteiger partial charge in [-0.15, -0.1) is 23.1 Å². The molecule has 6 nitrogen and oxygen atoms in total. The zero-order chi connectivity index (χ0) is 25.5. The number of thiazole rings is 1. The highest BCUT2D eigenvalue weighted by atomic mass is 32.2. The highest BCUT2D eigenvalue weighted by molar-refractivity contribution is 8.00. The van der Waals surface area contributed by atoms with Gasteiger partial charge in [0.25, 0.3) is 5.91 Å². The Labute approximate surface area is 222 Å². The first-order valence-electron chi connectivity index (χ1n) is 11.6. The lowest BCUT2D eigenvalue weighted by atomic mass is 10.1. The Bertz CT molecular complexity index is 1540. The second kappa shape index (κ2) is 11.7. The summed E-state index contributed by atoms with van der Waals surface area (Å²) in [5.74, 6) is 0.460. The monoisotopic (exact) mass is 525 g/mol. The molecule has 37 heavy (non-hydrogen) atoms. The van der Waals surface area contributed by atoms with Crippen LogP contribution in [-0.4, -0.2) is 29.2 Å². The van der Waals surface area contributed by atoms with Crippen LogP contribution >= 0.6 is 23.1 Å². The van der Waals surface area contributed by atoms with Crippen molar-refractivity contribution in [2.24, 2.45) is 0 Å². The number of thioether (sulfide) groups is 1. The van der Waals surface area contributed by atoms with E-state index in [1.807, 2.05) is 60.0 Å². The molecular formula is C29H23N3O3S2. The van der Waals surface area contributed by atoms with Crippen LogP contribution in [0, 0.1) is 0 Å². The summed E-state index contributed by atoms with van der Waals surface area (Å²) in [7, 11) is 0. The third-order valence-corrected chi connectivity index (χ3v) is 7.15. The van der Waals surface area contributed by atoms with E-state index < -0.39 is 0 Å². The number of hydrogen-bond donors (Lipinski definition) is 2. The fourth-order valence-corrected chi connectivity index (χ4v) is 5.13. The van der Waals surface area contributed by atoms with E-state index in [2.05, 4.69) is 39.9 Å².